The van der Waals surface area contributed by atoms with Crippen LogP contribution in [0, 0.1) is 0 Å². The Morgan fingerprint density at radius 2 is 1.91 bits per heavy atom. The number of carbonyl (C=O) groups is 3. The fraction of sp³-hybridized carbons (Fsp3) is 0.357. The first-order valence-electron chi connectivity index (χ1n) is 6.89. The van der Waals surface area contributed by atoms with Crippen molar-refractivity contribution in [2.75, 3.05) is 31.2 Å². The molecule has 1 heterocycles. The van der Waals surface area contributed by atoms with Gasteiger partial charge in [0.25, 0.3) is 0 Å². The first-order valence-corrected chi connectivity index (χ1v) is 7.65. The van der Waals surface area contributed by atoms with Crippen molar-refractivity contribution in [2.45, 2.75) is 12.8 Å². The number of nitrogens with zero attached hydrogens (tertiary/aromatic N) is 2. The molecule has 1 saturated heterocycles. The number of amides is 4. The molecule has 1 aliphatic rings. The van der Waals surface area contributed by atoms with Crippen LogP contribution in [-0.2, 0) is 9.59 Å². The van der Waals surface area contributed by atoms with Gasteiger partial charge in [-0.2, -0.15) is 0 Å². The number of nitrogen functional groups attached to an aromatic ring is 1. The molecule has 1 aliphatic heterocycles. The third-order valence-corrected chi connectivity index (χ3v) is 4.00. The van der Waals surface area contributed by atoms with Gasteiger partial charge in [-0.1, -0.05) is 23.2 Å². The zero-order valence-electron chi connectivity index (χ0n) is 12.4. The maximum atomic E-state index is 11.9. The van der Waals surface area contributed by atoms with Gasteiger partial charge in [0.1, 0.15) is 6.54 Å². The number of nitrogens with two attached hydrogens (primary N) is 1. The summed E-state index contributed by atoms with van der Waals surface area (Å²) in [5, 5.41) is 3.15. The second-order valence-electron chi connectivity index (χ2n) is 5.19. The fourth-order valence-electron chi connectivity index (χ4n) is 2.17. The Hall–Kier alpha value is -1.99. The first-order chi connectivity index (χ1) is 10.8. The number of hydrogen-bond donors (Lipinski definition) is 2. The van der Waals surface area contributed by atoms with E-state index in [-0.39, 0.29) is 53.1 Å². The molecule has 0 saturated carbocycles. The second-order valence-corrected chi connectivity index (χ2v) is 6.00. The highest BCUT2D eigenvalue weighted by Gasteiger charge is 2.32. The van der Waals surface area contributed by atoms with Crippen LogP contribution in [0.3, 0.4) is 0 Å². The van der Waals surface area contributed by atoms with Gasteiger partial charge in [-0.3, -0.25) is 14.5 Å². The van der Waals surface area contributed by atoms with Gasteiger partial charge in [-0.15, -0.1) is 0 Å². The van der Waals surface area contributed by atoms with E-state index in [1.54, 1.807) is 7.05 Å². The van der Waals surface area contributed by atoms with Crippen molar-refractivity contribution < 1.29 is 14.4 Å². The van der Waals surface area contributed by atoms with Crippen LogP contribution >= 0.6 is 23.2 Å². The summed E-state index contributed by atoms with van der Waals surface area (Å²) in [6.07, 6.45) is 0.522. The Kier molecular flexibility index (Phi) is 5.33. The molecule has 0 unspecified atom stereocenters. The van der Waals surface area contributed by atoms with E-state index in [0.29, 0.717) is 12.1 Å². The van der Waals surface area contributed by atoms with Crippen LogP contribution in [0.2, 0.25) is 10.0 Å². The van der Waals surface area contributed by atoms with Crippen LogP contribution in [0.5, 0.6) is 0 Å². The van der Waals surface area contributed by atoms with Crippen molar-refractivity contribution >= 4 is 52.4 Å². The lowest BCUT2D eigenvalue weighted by Gasteiger charge is -2.14. The Morgan fingerprint density at radius 3 is 2.43 bits per heavy atom. The second kappa shape index (κ2) is 7.06. The van der Waals surface area contributed by atoms with Crippen LogP contribution in [0.25, 0.3) is 0 Å². The summed E-state index contributed by atoms with van der Waals surface area (Å²) in [5.41, 5.74) is 6.31. The van der Waals surface area contributed by atoms with Crippen molar-refractivity contribution in [3.63, 3.8) is 0 Å². The van der Waals surface area contributed by atoms with Gasteiger partial charge in [-0.05, 0) is 18.6 Å². The number of carbonyl (C=O) groups excluding carboxylic acids is 3. The topological polar surface area (TPSA) is 95.7 Å². The summed E-state index contributed by atoms with van der Waals surface area (Å²) in [7, 11) is 1.56. The summed E-state index contributed by atoms with van der Waals surface area (Å²) in [4.78, 5) is 37.6. The van der Waals surface area contributed by atoms with Gasteiger partial charge < -0.3 is 16.0 Å². The highest BCUT2D eigenvalue weighted by Crippen LogP contribution is 2.31. The highest BCUT2D eigenvalue weighted by atomic mass is 35.5. The van der Waals surface area contributed by atoms with Crippen LogP contribution in [0.15, 0.2) is 12.1 Å². The molecule has 0 bridgehead atoms. The minimum absolute atomic E-state index is 0.0769. The van der Waals surface area contributed by atoms with E-state index in [9.17, 15) is 14.4 Å². The third-order valence-electron chi connectivity index (χ3n) is 3.38. The average molecular weight is 359 g/mol. The first kappa shape index (κ1) is 17.4. The van der Waals surface area contributed by atoms with Gasteiger partial charge in [0.05, 0.1) is 15.7 Å². The molecule has 1 aromatic carbocycles. The van der Waals surface area contributed by atoms with E-state index in [4.69, 9.17) is 28.9 Å². The van der Waals surface area contributed by atoms with Gasteiger partial charge in [0, 0.05) is 25.7 Å². The van der Waals surface area contributed by atoms with Gasteiger partial charge in [0.2, 0.25) is 11.8 Å². The standard InChI is InChI=1S/C14H16Cl2N4O3/c1-19-7-12(22)20(14(19)23)4-2-3-11(21)18-8-5-9(15)13(17)10(16)6-8/h5-6H,2-4,7,17H2,1H3,(H,18,21). The molecule has 0 aromatic heterocycles. The predicted molar refractivity (Wildman–Crippen MR) is 88.5 cm³/mol. The number of urea groups is 1. The van der Waals surface area contributed by atoms with Crippen LogP contribution in [0.1, 0.15) is 12.8 Å². The zero-order chi connectivity index (χ0) is 17.1. The smallest absolute Gasteiger partial charge is 0.326 e. The van der Waals surface area contributed by atoms with E-state index < -0.39 is 0 Å². The summed E-state index contributed by atoms with van der Waals surface area (Å²) in [5.74, 6) is -0.524. The number of hydrogen-bond acceptors (Lipinski definition) is 4. The van der Waals surface area contributed by atoms with Gasteiger partial charge >= 0.3 is 6.03 Å². The molecular weight excluding hydrogens is 343 g/mol. The number of anilines is 2. The monoisotopic (exact) mass is 358 g/mol. The molecule has 23 heavy (non-hydrogen) atoms. The summed E-state index contributed by atoms with van der Waals surface area (Å²) in [6.45, 7) is 0.284. The molecule has 1 fully saturated rings. The van der Waals surface area contributed by atoms with Crippen LogP contribution in [-0.4, -0.2) is 47.8 Å². The SMILES string of the molecule is CN1CC(=O)N(CCCC(=O)Nc2cc(Cl)c(N)c(Cl)c2)C1=O. The van der Waals surface area contributed by atoms with Crippen LogP contribution < -0.4 is 11.1 Å². The molecule has 4 amide bonds. The number of imide groups is 1. The number of benzene rings is 1. The van der Waals surface area contributed by atoms with Gasteiger partial charge in [-0.25, -0.2) is 4.79 Å². The lowest BCUT2D eigenvalue weighted by molar-refractivity contribution is -0.125. The van der Waals surface area contributed by atoms with Crippen LogP contribution in [0.4, 0.5) is 16.2 Å². The molecule has 7 nitrogen and oxygen atoms in total. The van der Waals surface area contributed by atoms with E-state index in [0.717, 1.165) is 4.90 Å². The van der Waals surface area contributed by atoms with Crippen molar-refractivity contribution in [2.24, 2.45) is 0 Å². The Labute approximate surface area is 143 Å². The van der Waals surface area contributed by atoms with E-state index >= 15 is 0 Å². The molecule has 2 rings (SSSR count). The molecular formula is C14H16Cl2N4O3. The molecule has 1 aromatic rings. The molecule has 0 atom stereocenters. The summed E-state index contributed by atoms with van der Waals surface area (Å²) in [6, 6.07) is 2.67. The Balaban J connectivity index is 1.84. The highest BCUT2D eigenvalue weighted by molar-refractivity contribution is 6.39. The predicted octanol–water partition coefficient (Wildman–Crippen LogP) is 2.19. The van der Waals surface area contributed by atoms with Gasteiger partial charge in [0.15, 0.2) is 0 Å². The van der Waals surface area contributed by atoms with E-state index in [1.807, 2.05) is 0 Å². The molecule has 3 N–H and O–H groups in total. The number of rotatable bonds is 5. The summed E-state index contributed by atoms with van der Waals surface area (Å²) < 4.78 is 0. The molecule has 0 radical (unpaired) electrons. The average Bonchev–Trinajstić information content (AvgIpc) is 2.71. The molecule has 0 spiro atoms. The quantitative estimate of drug-likeness (QED) is 0.622. The van der Waals surface area contributed by atoms with E-state index in [2.05, 4.69) is 5.32 Å². The minimum Gasteiger partial charge on any atom is -0.396 e. The maximum Gasteiger partial charge on any atom is 0.326 e. The fourth-order valence-corrected chi connectivity index (χ4v) is 2.65. The number of likely N-dealkylation sites (N-methyl/N-ethyl adjacent to an activating group) is 1. The largest absolute Gasteiger partial charge is 0.396 e. The molecule has 0 aliphatic carbocycles. The van der Waals surface area contributed by atoms with E-state index in [1.165, 1.54) is 17.0 Å². The Morgan fingerprint density at radius 1 is 1.30 bits per heavy atom. The summed E-state index contributed by atoms with van der Waals surface area (Å²) >= 11 is 11.8. The van der Waals surface area contributed by atoms with Crippen molar-refractivity contribution in [3.05, 3.63) is 22.2 Å². The lowest BCUT2D eigenvalue weighted by Crippen LogP contribution is -2.32. The van der Waals surface area contributed by atoms with Crippen molar-refractivity contribution in [1.82, 2.24) is 9.80 Å². The zero-order valence-corrected chi connectivity index (χ0v) is 13.9. The number of nitrogens with one attached hydrogen (secondary N) is 1. The minimum atomic E-state index is -0.340. The maximum absolute atomic E-state index is 11.9. The number of halogens is 2. The lowest BCUT2D eigenvalue weighted by atomic mass is 10.2. The normalized spacial score (nSPS) is 14.6. The Bertz CT molecular complexity index is 642. The third kappa shape index (κ3) is 4.05. The molecule has 9 heteroatoms. The van der Waals surface area contributed by atoms with Crippen molar-refractivity contribution in [1.29, 1.82) is 0 Å². The molecule has 124 valence electrons. The van der Waals surface area contributed by atoms with Crippen molar-refractivity contribution in [3.8, 4) is 0 Å².